The summed E-state index contributed by atoms with van der Waals surface area (Å²) in [5, 5.41) is 9.60. The number of rotatable bonds is 5. The van der Waals surface area contributed by atoms with Gasteiger partial charge in [-0.05, 0) is 43.0 Å². The van der Waals surface area contributed by atoms with Crippen LogP contribution in [0.25, 0.3) is 11.3 Å². The summed E-state index contributed by atoms with van der Waals surface area (Å²) in [7, 11) is 0. The van der Waals surface area contributed by atoms with Gasteiger partial charge in [0, 0.05) is 42.8 Å². The Balaban J connectivity index is 1.52. The highest BCUT2D eigenvalue weighted by Gasteiger charge is 2.27. The molecule has 0 bridgehead atoms. The molecule has 144 valence electrons. The molecule has 1 atom stereocenters. The van der Waals surface area contributed by atoms with Crippen molar-refractivity contribution in [2.24, 2.45) is 0 Å². The molecule has 0 saturated carbocycles. The number of benzene rings is 1. The van der Waals surface area contributed by atoms with Crippen LogP contribution in [0, 0.1) is 0 Å². The summed E-state index contributed by atoms with van der Waals surface area (Å²) >= 11 is 0. The molecule has 1 amide bonds. The van der Waals surface area contributed by atoms with E-state index in [-0.39, 0.29) is 18.6 Å². The minimum absolute atomic E-state index is 0.0164. The Morgan fingerprint density at radius 3 is 2.89 bits per heavy atom. The van der Waals surface area contributed by atoms with Crippen LogP contribution in [0.4, 0.5) is 0 Å². The van der Waals surface area contributed by atoms with E-state index >= 15 is 0 Å². The second kappa shape index (κ2) is 8.35. The molecular weight excluding hydrogens is 352 g/mol. The lowest BCUT2D eigenvalue weighted by atomic mass is 10.0. The maximum atomic E-state index is 13.0. The maximum Gasteiger partial charge on any atom is 0.254 e. The first-order valence-corrected chi connectivity index (χ1v) is 9.67. The molecule has 2 aromatic heterocycles. The van der Waals surface area contributed by atoms with Crippen LogP contribution in [0.1, 0.15) is 35.2 Å². The maximum absolute atomic E-state index is 13.0. The number of likely N-dealkylation sites (tertiary alicyclic amines) is 1. The van der Waals surface area contributed by atoms with Crippen LogP contribution in [-0.2, 0) is 6.54 Å². The second-order valence-electron chi connectivity index (χ2n) is 7.20. The zero-order chi connectivity index (χ0) is 19.3. The van der Waals surface area contributed by atoms with Gasteiger partial charge in [0.05, 0.1) is 24.7 Å². The Kier molecular flexibility index (Phi) is 5.48. The third kappa shape index (κ3) is 3.97. The standard InChI is InChI=1S/C22H24N4O2/c27-15-20-6-1-2-10-26(20)22(28)19-5-3-4-18(12-19)21-8-7-17(13-24-21)14-25-11-9-23-16-25/h3-5,7-9,11-13,16,20,27H,1-2,6,10,14-15H2. The Bertz CT molecular complexity index is 922. The highest BCUT2D eigenvalue weighted by atomic mass is 16.3. The summed E-state index contributed by atoms with van der Waals surface area (Å²) in [5.74, 6) is -0.0164. The molecule has 0 spiro atoms. The minimum atomic E-state index is -0.0782. The number of nitrogens with zero attached hydrogens (tertiary/aromatic N) is 4. The van der Waals surface area contributed by atoms with Crippen LogP contribution in [0.3, 0.4) is 0 Å². The minimum Gasteiger partial charge on any atom is -0.394 e. The Hall–Kier alpha value is -2.99. The third-order valence-corrected chi connectivity index (χ3v) is 5.25. The first kappa shape index (κ1) is 18.4. The molecule has 6 heteroatoms. The molecule has 28 heavy (non-hydrogen) atoms. The molecule has 1 aromatic carbocycles. The summed E-state index contributed by atoms with van der Waals surface area (Å²) in [6.07, 6.45) is 10.2. The molecule has 4 rings (SSSR count). The molecular formula is C22H24N4O2. The van der Waals surface area contributed by atoms with Gasteiger partial charge < -0.3 is 14.6 Å². The van der Waals surface area contributed by atoms with Crippen LogP contribution >= 0.6 is 0 Å². The number of carbonyl (C=O) groups is 1. The smallest absolute Gasteiger partial charge is 0.254 e. The van der Waals surface area contributed by atoms with Gasteiger partial charge in [-0.15, -0.1) is 0 Å². The summed E-state index contributed by atoms with van der Waals surface area (Å²) < 4.78 is 1.99. The van der Waals surface area contributed by atoms with Crippen molar-refractivity contribution in [3.05, 3.63) is 72.4 Å². The van der Waals surface area contributed by atoms with Crippen LogP contribution in [-0.4, -0.2) is 49.6 Å². The van der Waals surface area contributed by atoms with Crippen LogP contribution < -0.4 is 0 Å². The number of piperidine rings is 1. The van der Waals surface area contributed by atoms with E-state index in [0.29, 0.717) is 12.1 Å². The molecule has 3 aromatic rings. The van der Waals surface area contributed by atoms with Gasteiger partial charge in [0.2, 0.25) is 0 Å². The van der Waals surface area contributed by atoms with E-state index in [2.05, 4.69) is 9.97 Å². The molecule has 0 radical (unpaired) electrons. The van der Waals surface area contributed by atoms with Crippen molar-refractivity contribution in [3.8, 4) is 11.3 Å². The van der Waals surface area contributed by atoms with Gasteiger partial charge in [0.25, 0.3) is 5.91 Å². The van der Waals surface area contributed by atoms with Crippen molar-refractivity contribution in [1.29, 1.82) is 0 Å². The predicted octanol–water partition coefficient (Wildman–Crippen LogP) is 2.98. The largest absolute Gasteiger partial charge is 0.394 e. The average molecular weight is 376 g/mol. The number of pyridine rings is 1. The zero-order valence-electron chi connectivity index (χ0n) is 15.7. The summed E-state index contributed by atoms with van der Waals surface area (Å²) in [4.78, 5) is 23.4. The Labute approximate surface area is 164 Å². The first-order valence-electron chi connectivity index (χ1n) is 9.67. The van der Waals surface area contributed by atoms with Gasteiger partial charge in [-0.3, -0.25) is 9.78 Å². The number of hydrogen-bond donors (Lipinski definition) is 1. The van der Waals surface area contributed by atoms with Gasteiger partial charge in [-0.2, -0.15) is 0 Å². The van der Waals surface area contributed by atoms with Gasteiger partial charge in [-0.1, -0.05) is 18.2 Å². The number of carbonyl (C=O) groups excluding carboxylic acids is 1. The number of imidazole rings is 1. The number of aliphatic hydroxyl groups is 1. The van der Waals surface area contributed by atoms with E-state index in [1.165, 1.54) is 0 Å². The summed E-state index contributed by atoms with van der Waals surface area (Å²) in [5.41, 5.74) is 3.48. The summed E-state index contributed by atoms with van der Waals surface area (Å²) in [6, 6.07) is 11.5. The van der Waals surface area contributed by atoms with Crippen molar-refractivity contribution in [3.63, 3.8) is 0 Å². The molecule has 1 saturated heterocycles. The monoisotopic (exact) mass is 376 g/mol. The lowest BCUT2D eigenvalue weighted by Gasteiger charge is -2.34. The Morgan fingerprint density at radius 1 is 1.21 bits per heavy atom. The van der Waals surface area contributed by atoms with Crippen LogP contribution in [0.15, 0.2) is 61.3 Å². The molecule has 3 heterocycles. The average Bonchev–Trinajstić information content (AvgIpc) is 3.27. The molecule has 1 aliphatic heterocycles. The van der Waals surface area contributed by atoms with Crippen molar-refractivity contribution in [2.45, 2.75) is 31.8 Å². The number of aliphatic hydroxyl groups excluding tert-OH is 1. The van der Waals surface area contributed by atoms with Crippen molar-refractivity contribution in [1.82, 2.24) is 19.4 Å². The van der Waals surface area contributed by atoms with Crippen LogP contribution in [0.2, 0.25) is 0 Å². The number of hydrogen-bond acceptors (Lipinski definition) is 4. The van der Waals surface area contributed by atoms with E-state index in [4.69, 9.17) is 0 Å². The highest BCUT2D eigenvalue weighted by molar-refractivity contribution is 5.95. The number of amides is 1. The van der Waals surface area contributed by atoms with Gasteiger partial charge in [0.1, 0.15) is 0 Å². The summed E-state index contributed by atoms with van der Waals surface area (Å²) in [6.45, 7) is 1.45. The van der Waals surface area contributed by atoms with Gasteiger partial charge in [-0.25, -0.2) is 4.98 Å². The normalized spacial score (nSPS) is 16.9. The van der Waals surface area contributed by atoms with Gasteiger partial charge in [0.15, 0.2) is 0 Å². The zero-order valence-corrected chi connectivity index (χ0v) is 15.7. The SMILES string of the molecule is O=C(c1cccc(-c2ccc(Cn3ccnc3)cn2)c1)N1CCCCC1CO. The lowest BCUT2D eigenvalue weighted by molar-refractivity contribution is 0.0503. The van der Waals surface area contributed by atoms with E-state index in [0.717, 1.165) is 42.6 Å². The topological polar surface area (TPSA) is 71.2 Å². The molecule has 0 aliphatic carbocycles. The van der Waals surface area contributed by atoms with Crippen LogP contribution in [0.5, 0.6) is 0 Å². The van der Waals surface area contributed by atoms with Crippen molar-refractivity contribution < 1.29 is 9.90 Å². The van der Waals surface area contributed by atoms with E-state index in [1.807, 2.05) is 58.3 Å². The quantitative estimate of drug-likeness (QED) is 0.743. The third-order valence-electron chi connectivity index (χ3n) is 5.25. The fourth-order valence-electron chi connectivity index (χ4n) is 3.71. The number of aromatic nitrogens is 3. The second-order valence-corrected chi connectivity index (χ2v) is 7.20. The molecule has 1 aliphatic rings. The highest BCUT2D eigenvalue weighted by Crippen LogP contribution is 2.23. The lowest BCUT2D eigenvalue weighted by Crippen LogP contribution is -2.45. The molecule has 6 nitrogen and oxygen atoms in total. The fraction of sp³-hybridized carbons (Fsp3) is 0.318. The fourth-order valence-corrected chi connectivity index (χ4v) is 3.71. The van der Waals surface area contributed by atoms with E-state index in [1.54, 1.807) is 12.5 Å². The predicted molar refractivity (Wildman–Crippen MR) is 107 cm³/mol. The van der Waals surface area contributed by atoms with E-state index < -0.39 is 0 Å². The molecule has 1 unspecified atom stereocenters. The van der Waals surface area contributed by atoms with Crippen molar-refractivity contribution in [2.75, 3.05) is 13.2 Å². The van der Waals surface area contributed by atoms with E-state index in [9.17, 15) is 9.90 Å². The van der Waals surface area contributed by atoms with Gasteiger partial charge >= 0.3 is 0 Å². The molecule has 1 N–H and O–H groups in total. The first-order chi connectivity index (χ1) is 13.7. The van der Waals surface area contributed by atoms with Crippen molar-refractivity contribution >= 4 is 5.91 Å². The molecule has 1 fully saturated rings. The Morgan fingerprint density at radius 2 is 2.14 bits per heavy atom.